The number of sulfonamides is 1. The van der Waals surface area contributed by atoms with Gasteiger partial charge in [-0.3, -0.25) is 4.79 Å². The number of hydrogen-bond donors (Lipinski definition) is 1. The van der Waals surface area contributed by atoms with Gasteiger partial charge in [-0.2, -0.15) is 4.31 Å². The Bertz CT molecular complexity index is 763. The Morgan fingerprint density at radius 2 is 1.67 bits per heavy atom. The normalized spacial score (nSPS) is 28.0. The van der Waals surface area contributed by atoms with Gasteiger partial charge in [0.15, 0.2) is 0 Å². The first kappa shape index (κ1) is 20.3. The van der Waals surface area contributed by atoms with Crippen molar-refractivity contribution in [3.63, 3.8) is 0 Å². The van der Waals surface area contributed by atoms with Crippen LogP contribution in [0.5, 0.6) is 0 Å². The third kappa shape index (κ3) is 4.69. The van der Waals surface area contributed by atoms with Crippen molar-refractivity contribution in [1.82, 2.24) is 9.62 Å². The lowest BCUT2D eigenvalue weighted by atomic mass is 9.78. The number of rotatable bonds is 4. The molecule has 0 unspecified atom stereocenters. The highest BCUT2D eigenvalue weighted by Crippen LogP contribution is 2.32. The summed E-state index contributed by atoms with van der Waals surface area (Å²) in [5.41, 5.74) is -0.138. The van der Waals surface area contributed by atoms with Gasteiger partial charge < -0.3 is 5.32 Å². The van der Waals surface area contributed by atoms with Gasteiger partial charge in [-0.05, 0) is 75.6 Å². The van der Waals surface area contributed by atoms with E-state index in [9.17, 15) is 17.6 Å². The quantitative estimate of drug-likeness (QED) is 0.849. The number of hydrogen-bond acceptors (Lipinski definition) is 3. The monoisotopic (exact) mass is 396 g/mol. The molecular formula is C20H29FN2O3S. The van der Waals surface area contributed by atoms with E-state index in [1.807, 2.05) is 0 Å². The van der Waals surface area contributed by atoms with Crippen LogP contribution in [-0.2, 0) is 14.8 Å². The summed E-state index contributed by atoms with van der Waals surface area (Å²) in [5.74, 6) is 0.150. The van der Waals surface area contributed by atoms with Crippen LogP contribution in [0.3, 0.4) is 0 Å². The lowest BCUT2D eigenvalue weighted by Gasteiger charge is -2.39. The molecule has 1 saturated carbocycles. The van der Waals surface area contributed by atoms with Crippen molar-refractivity contribution < 1.29 is 17.6 Å². The van der Waals surface area contributed by atoms with Gasteiger partial charge in [0.1, 0.15) is 5.82 Å². The second-order valence-electron chi connectivity index (χ2n) is 8.36. The maximum atomic E-state index is 13.0. The lowest BCUT2D eigenvalue weighted by molar-refractivity contribution is -0.128. The Labute approximate surface area is 161 Å². The van der Waals surface area contributed by atoms with Crippen LogP contribution in [-0.4, -0.2) is 37.3 Å². The molecule has 0 atom stereocenters. The number of piperidine rings is 1. The van der Waals surface area contributed by atoms with Gasteiger partial charge in [-0.1, -0.05) is 6.92 Å². The molecule has 2 fully saturated rings. The minimum absolute atomic E-state index is 0.0471. The third-order valence-electron chi connectivity index (χ3n) is 6.08. The molecule has 150 valence electrons. The molecule has 5 nitrogen and oxygen atoms in total. The van der Waals surface area contributed by atoms with Crippen LogP contribution in [0.4, 0.5) is 4.39 Å². The number of nitrogens with zero attached hydrogens (tertiary/aromatic N) is 1. The minimum Gasteiger partial charge on any atom is -0.351 e. The lowest BCUT2D eigenvalue weighted by Crippen LogP contribution is -2.52. The zero-order valence-electron chi connectivity index (χ0n) is 16.1. The predicted octanol–water partition coefficient (Wildman–Crippen LogP) is 3.31. The second kappa shape index (κ2) is 7.87. The Balaban J connectivity index is 1.56. The van der Waals surface area contributed by atoms with Gasteiger partial charge in [0.25, 0.3) is 0 Å². The van der Waals surface area contributed by atoms with Gasteiger partial charge in [0, 0.05) is 24.5 Å². The van der Waals surface area contributed by atoms with Gasteiger partial charge in [0.05, 0.1) is 4.90 Å². The van der Waals surface area contributed by atoms with Crippen molar-refractivity contribution in [3.05, 3.63) is 30.1 Å². The van der Waals surface area contributed by atoms with Crippen molar-refractivity contribution in [2.75, 3.05) is 13.1 Å². The molecule has 1 aliphatic heterocycles. The first-order valence-electron chi connectivity index (χ1n) is 9.77. The van der Waals surface area contributed by atoms with Crippen molar-refractivity contribution >= 4 is 15.9 Å². The molecule has 0 radical (unpaired) electrons. The molecular weight excluding hydrogens is 367 g/mol. The molecule has 2 aliphatic rings. The maximum Gasteiger partial charge on any atom is 0.243 e. The van der Waals surface area contributed by atoms with E-state index in [4.69, 9.17) is 0 Å². The summed E-state index contributed by atoms with van der Waals surface area (Å²) in [6, 6.07) is 4.88. The van der Waals surface area contributed by atoms with Gasteiger partial charge in [-0.15, -0.1) is 0 Å². The van der Waals surface area contributed by atoms with Crippen LogP contribution in [0, 0.1) is 17.7 Å². The number of amides is 1. The van der Waals surface area contributed by atoms with Gasteiger partial charge >= 0.3 is 0 Å². The summed E-state index contributed by atoms with van der Waals surface area (Å²) >= 11 is 0. The molecule has 1 saturated heterocycles. The summed E-state index contributed by atoms with van der Waals surface area (Å²) in [5, 5.41) is 3.23. The molecule has 1 N–H and O–H groups in total. The Kier molecular flexibility index (Phi) is 5.91. The molecule has 1 aliphatic carbocycles. The van der Waals surface area contributed by atoms with E-state index in [0.717, 1.165) is 43.7 Å². The molecule has 1 heterocycles. The van der Waals surface area contributed by atoms with Crippen LogP contribution >= 0.6 is 0 Å². The highest BCUT2D eigenvalue weighted by Gasteiger charge is 2.36. The van der Waals surface area contributed by atoms with Crippen LogP contribution in [0.2, 0.25) is 0 Å². The van der Waals surface area contributed by atoms with Crippen LogP contribution in [0.15, 0.2) is 29.2 Å². The topological polar surface area (TPSA) is 66.5 Å². The number of carbonyl (C=O) groups excluding carboxylic acids is 1. The van der Waals surface area contributed by atoms with Crippen molar-refractivity contribution in [1.29, 1.82) is 0 Å². The maximum absolute atomic E-state index is 13.0. The van der Waals surface area contributed by atoms with Crippen molar-refractivity contribution in [2.24, 2.45) is 11.8 Å². The smallest absolute Gasteiger partial charge is 0.243 e. The fourth-order valence-corrected chi connectivity index (χ4v) is 5.51. The summed E-state index contributed by atoms with van der Waals surface area (Å²) in [6.45, 7) is 4.99. The zero-order valence-corrected chi connectivity index (χ0v) is 16.9. The zero-order chi connectivity index (χ0) is 19.7. The third-order valence-corrected chi connectivity index (χ3v) is 7.99. The molecule has 1 aromatic carbocycles. The van der Waals surface area contributed by atoms with E-state index in [-0.39, 0.29) is 22.3 Å². The van der Waals surface area contributed by atoms with Crippen molar-refractivity contribution in [2.45, 2.75) is 62.8 Å². The highest BCUT2D eigenvalue weighted by atomic mass is 32.2. The SMILES string of the molecule is CC1CCC(C)(NC(=O)C2CCN(S(=O)(=O)c3ccc(F)cc3)CC2)CC1. The fourth-order valence-electron chi connectivity index (χ4n) is 4.04. The molecule has 1 amide bonds. The van der Waals surface area contributed by atoms with Crippen LogP contribution in [0.1, 0.15) is 52.4 Å². The predicted molar refractivity (Wildman–Crippen MR) is 102 cm³/mol. The second-order valence-corrected chi connectivity index (χ2v) is 10.3. The first-order valence-corrected chi connectivity index (χ1v) is 11.2. The van der Waals surface area contributed by atoms with Gasteiger partial charge in [-0.25, -0.2) is 12.8 Å². The Morgan fingerprint density at radius 3 is 2.22 bits per heavy atom. The summed E-state index contributed by atoms with van der Waals surface area (Å²) < 4.78 is 39.8. The molecule has 0 bridgehead atoms. The van der Waals surface area contributed by atoms with Crippen LogP contribution in [0.25, 0.3) is 0 Å². The average molecular weight is 397 g/mol. The number of nitrogens with one attached hydrogen (secondary N) is 1. The van der Waals surface area contributed by atoms with E-state index in [1.165, 1.54) is 16.4 Å². The molecule has 3 rings (SSSR count). The van der Waals surface area contributed by atoms with E-state index in [1.54, 1.807) is 0 Å². The Hall–Kier alpha value is -1.47. The molecule has 27 heavy (non-hydrogen) atoms. The largest absolute Gasteiger partial charge is 0.351 e. The number of carbonyl (C=O) groups is 1. The van der Waals surface area contributed by atoms with E-state index in [0.29, 0.717) is 25.9 Å². The standard InChI is InChI=1S/C20H29FN2O3S/c1-15-7-11-20(2,12-8-15)22-19(24)16-9-13-23(14-10-16)27(25,26)18-5-3-17(21)4-6-18/h3-6,15-16H,7-14H2,1-2H3,(H,22,24). The fraction of sp³-hybridized carbons (Fsp3) is 0.650. The van der Waals surface area contributed by atoms with E-state index < -0.39 is 15.8 Å². The molecule has 7 heteroatoms. The molecule has 1 aromatic rings. The number of halogens is 1. The summed E-state index contributed by atoms with van der Waals surface area (Å²) in [7, 11) is -3.64. The molecule has 0 aromatic heterocycles. The Morgan fingerprint density at radius 1 is 1.11 bits per heavy atom. The summed E-state index contributed by atoms with van der Waals surface area (Å²) in [6.07, 6.45) is 5.28. The van der Waals surface area contributed by atoms with Crippen molar-refractivity contribution in [3.8, 4) is 0 Å². The van der Waals surface area contributed by atoms with Crippen LogP contribution < -0.4 is 5.32 Å². The van der Waals surface area contributed by atoms with Gasteiger partial charge in [0.2, 0.25) is 15.9 Å². The number of benzene rings is 1. The van der Waals surface area contributed by atoms with E-state index >= 15 is 0 Å². The summed E-state index contributed by atoms with van der Waals surface area (Å²) in [4.78, 5) is 12.8. The highest BCUT2D eigenvalue weighted by molar-refractivity contribution is 7.89. The van der Waals surface area contributed by atoms with E-state index in [2.05, 4.69) is 19.2 Å². The average Bonchev–Trinajstić information content (AvgIpc) is 2.65. The minimum atomic E-state index is -3.64. The molecule has 0 spiro atoms. The first-order chi connectivity index (χ1) is 12.7.